The highest BCUT2D eigenvalue weighted by atomic mass is 35.5. The fourth-order valence-corrected chi connectivity index (χ4v) is 3.23. The second-order valence-electron chi connectivity index (χ2n) is 6.36. The number of hydrogen-bond donors (Lipinski definition) is 2. The maximum atomic E-state index is 12.2. The molecule has 1 amide bonds. The third kappa shape index (κ3) is 4.74. The van der Waals surface area contributed by atoms with Crippen LogP contribution in [0.2, 0.25) is 5.02 Å². The Bertz CT molecular complexity index is 1240. The predicted molar refractivity (Wildman–Crippen MR) is 124 cm³/mol. The monoisotopic (exact) mass is 433 g/mol. The third-order valence-electron chi connectivity index (χ3n) is 4.29. The number of thiocarbonyl (C=S) groups is 1. The Morgan fingerprint density at radius 1 is 1.03 bits per heavy atom. The van der Waals surface area contributed by atoms with Gasteiger partial charge in [0.2, 0.25) is 5.91 Å². The van der Waals surface area contributed by atoms with Gasteiger partial charge in [0, 0.05) is 33.9 Å². The van der Waals surface area contributed by atoms with E-state index in [0.29, 0.717) is 16.5 Å². The summed E-state index contributed by atoms with van der Waals surface area (Å²) in [5, 5.41) is 7.43. The maximum absolute atomic E-state index is 12.2. The third-order valence-corrected chi connectivity index (χ3v) is 4.74. The topological polar surface area (TPSA) is 67.2 Å². The van der Waals surface area contributed by atoms with E-state index in [1.807, 2.05) is 48.5 Å². The summed E-state index contributed by atoms with van der Waals surface area (Å²) in [6.45, 7) is 0. The number of pyridine rings is 1. The quantitative estimate of drug-likeness (QED) is 0.320. The molecule has 0 aliphatic rings. The van der Waals surface area contributed by atoms with E-state index in [2.05, 4.69) is 15.6 Å². The first-order valence-electron chi connectivity index (χ1n) is 9.08. The molecule has 0 fully saturated rings. The van der Waals surface area contributed by atoms with Gasteiger partial charge in [0.25, 0.3) is 0 Å². The molecule has 0 unspecified atom stereocenters. The number of carbonyl (C=O) groups excluding carboxylic acids is 1. The summed E-state index contributed by atoms with van der Waals surface area (Å²) in [6, 6.07) is 20.4. The van der Waals surface area contributed by atoms with Gasteiger partial charge in [-0.15, -0.1) is 0 Å². The lowest BCUT2D eigenvalue weighted by molar-refractivity contribution is -0.115. The summed E-state index contributed by atoms with van der Waals surface area (Å²) in [6.07, 6.45) is 4.67. The van der Waals surface area contributed by atoms with Gasteiger partial charge in [0.15, 0.2) is 5.11 Å². The summed E-state index contributed by atoms with van der Waals surface area (Å²) in [4.78, 5) is 16.5. The Balaban J connectivity index is 1.38. The number of carbonyl (C=O) groups is 1. The van der Waals surface area contributed by atoms with Gasteiger partial charge < -0.3 is 9.73 Å². The molecule has 0 spiro atoms. The SMILES string of the molecule is O=C(C=Cc1ccc(-c2ccc(Cl)cc2)o1)NC(=S)Nc1cccc2ncccc12. The van der Waals surface area contributed by atoms with E-state index in [-0.39, 0.29) is 11.0 Å². The molecule has 0 saturated heterocycles. The average Bonchev–Trinajstić information content (AvgIpc) is 3.22. The molecule has 4 aromatic rings. The van der Waals surface area contributed by atoms with Crippen LogP contribution < -0.4 is 10.6 Å². The second-order valence-corrected chi connectivity index (χ2v) is 7.21. The van der Waals surface area contributed by atoms with E-state index in [1.54, 1.807) is 30.5 Å². The summed E-state index contributed by atoms with van der Waals surface area (Å²) in [5.41, 5.74) is 2.51. The van der Waals surface area contributed by atoms with Crippen LogP contribution in [0.5, 0.6) is 0 Å². The minimum Gasteiger partial charge on any atom is -0.457 e. The second kappa shape index (κ2) is 8.90. The molecule has 4 rings (SSSR count). The molecule has 0 saturated carbocycles. The Labute approximate surface area is 183 Å². The van der Waals surface area contributed by atoms with Crippen LogP contribution in [-0.2, 0) is 4.79 Å². The number of rotatable bonds is 4. The first-order chi connectivity index (χ1) is 14.6. The minimum absolute atomic E-state index is 0.197. The largest absolute Gasteiger partial charge is 0.457 e. The van der Waals surface area contributed by atoms with Crippen LogP contribution in [-0.4, -0.2) is 16.0 Å². The fraction of sp³-hybridized carbons (Fsp3) is 0. The van der Waals surface area contributed by atoms with Gasteiger partial charge in [0.1, 0.15) is 11.5 Å². The van der Waals surface area contributed by atoms with E-state index in [0.717, 1.165) is 22.2 Å². The van der Waals surface area contributed by atoms with Crippen molar-refractivity contribution in [1.29, 1.82) is 0 Å². The van der Waals surface area contributed by atoms with E-state index in [4.69, 9.17) is 28.2 Å². The average molecular weight is 434 g/mol. The lowest BCUT2D eigenvalue weighted by Crippen LogP contribution is -2.32. The number of furan rings is 1. The standard InChI is InChI=1S/C23H16ClN3O2S/c24-16-8-6-15(7-9-16)21-12-10-17(29-21)11-13-22(28)27-23(30)26-20-5-1-4-19-18(20)3-2-14-25-19/h1-14H,(H2,26,27,28,30). The van der Waals surface area contributed by atoms with Crippen molar-refractivity contribution in [1.82, 2.24) is 10.3 Å². The lowest BCUT2D eigenvalue weighted by atomic mass is 10.2. The number of halogens is 1. The fourth-order valence-electron chi connectivity index (χ4n) is 2.89. The van der Waals surface area contributed by atoms with E-state index in [9.17, 15) is 4.79 Å². The van der Waals surface area contributed by atoms with Gasteiger partial charge in [-0.1, -0.05) is 17.7 Å². The Kier molecular flexibility index (Phi) is 5.88. The van der Waals surface area contributed by atoms with Gasteiger partial charge in [-0.05, 0) is 79.0 Å². The van der Waals surface area contributed by atoms with Crippen LogP contribution in [0.25, 0.3) is 28.3 Å². The van der Waals surface area contributed by atoms with Crippen molar-refractivity contribution in [2.75, 3.05) is 5.32 Å². The molecule has 0 atom stereocenters. The van der Waals surface area contributed by atoms with Gasteiger partial charge in [-0.3, -0.25) is 15.1 Å². The highest BCUT2D eigenvalue weighted by Gasteiger charge is 2.06. The van der Waals surface area contributed by atoms with Gasteiger partial charge in [0.05, 0.1) is 5.52 Å². The molecule has 5 nitrogen and oxygen atoms in total. The summed E-state index contributed by atoms with van der Waals surface area (Å²) >= 11 is 11.2. The number of anilines is 1. The molecule has 30 heavy (non-hydrogen) atoms. The van der Waals surface area contributed by atoms with Crippen LogP contribution in [0.4, 0.5) is 5.69 Å². The number of hydrogen-bond acceptors (Lipinski definition) is 4. The number of amides is 1. The first-order valence-corrected chi connectivity index (χ1v) is 9.87. The normalized spacial score (nSPS) is 11.0. The van der Waals surface area contributed by atoms with E-state index in [1.165, 1.54) is 6.08 Å². The molecule has 2 aromatic heterocycles. The minimum atomic E-state index is -0.365. The van der Waals surface area contributed by atoms with E-state index >= 15 is 0 Å². The molecule has 0 radical (unpaired) electrons. The summed E-state index contributed by atoms with van der Waals surface area (Å²) in [5.74, 6) is 0.873. The Morgan fingerprint density at radius 3 is 2.70 bits per heavy atom. The maximum Gasteiger partial charge on any atom is 0.250 e. The van der Waals surface area contributed by atoms with Gasteiger partial charge in [-0.25, -0.2) is 0 Å². The number of aromatic nitrogens is 1. The van der Waals surface area contributed by atoms with Crippen molar-refractivity contribution in [2.24, 2.45) is 0 Å². The smallest absolute Gasteiger partial charge is 0.250 e. The number of nitrogens with zero attached hydrogens (tertiary/aromatic N) is 1. The van der Waals surface area contributed by atoms with Crippen LogP contribution in [0, 0.1) is 0 Å². The summed E-state index contributed by atoms with van der Waals surface area (Å²) in [7, 11) is 0. The Morgan fingerprint density at radius 2 is 1.87 bits per heavy atom. The van der Waals surface area contributed by atoms with Gasteiger partial charge in [-0.2, -0.15) is 0 Å². The molecular formula is C23H16ClN3O2S. The van der Waals surface area contributed by atoms with Crippen LogP contribution >= 0.6 is 23.8 Å². The molecule has 0 aliphatic carbocycles. The van der Waals surface area contributed by atoms with Crippen LogP contribution in [0.3, 0.4) is 0 Å². The highest BCUT2D eigenvalue weighted by molar-refractivity contribution is 7.80. The highest BCUT2D eigenvalue weighted by Crippen LogP contribution is 2.24. The predicted octanol–water partition coefficient (Wildman–Crippen LogP) is 5.67. The van der Waals surface area contributed by atoms with Crippen molar-refractivity contribution < 1.29 is 9.21 Å². The van der Waals surface area contributed by atoms with Crippen LogP contribution in [0.1, 0.15) is 5.76 Å². The molecule has 2 aromatic carbocycles. The van der Waals surface area contributed by atoms with Crippen molar-refractivity contribution in [3.63, 3.8) is 0 Å². The molecule has 148 valence electrons. The van der Waals surface area contributed by atoms with Crippen LogP contribution in [0.15, 0.2) is 83.4 Å². The molecule has 2 heterocycles. The molecule has 0 aliphatic heterocycles. The van der Waals surface area contributed by atoms with Crippen molar-refractivity contribution in [2.45, 2.75) is 0 Å². The zero-order valence-electron chi connectivity index (χ0n) is 15.6. The van der Waals surface area contributed by atoms with Crippen molar-refractivity contribution >= 4 is 57.5 Å². The number of benzene rings is 2. The molecule has 0 bridgehead atoms. The van der Waals surface area contributed by atoms with Crippen molar-refractivity contribution in [3.8, 4) is 11.3 Å². The zero-order valence-corrected chi connectivity index (χ0v) is 17.2. The number of nitrogens with one attached hydrogen (secondary N) is 2. The first kappa shape index (κ1) is 19.8. The molecular weight excluding hydrogens is 418 g/mol. The molecule has 2 N–H and O–H groups in total. The molecule has 7 heteroatoms. The van der Waals surface area contributed by atoms with E-state index < -0.39 is 0 Å². The lowest BCUT2D eigenvalue weighted by Gasteiger charge is -2.10. The number of fused-ring (bicyclic) bond motifs is 1. The van der Waals surface area contributed by atoms with Gasteiger partial charge >= 0.3 is 0 Å². The Hall–Kier alpha value is -3.48. The summed E-state index contributed by atoms with van der Waals surface area (Å²) < 4.78 is 5.74. The van der Waals surface area contributed by atoms with Crippen molar-refractivity contribution in [3.05, 3.63) is 89.8 Å². The zero-order chi connectivity index (χ0) is 20.9.